The fraction of sp³-hybridized carbons (Fsp3) is 0.588. The smallest absolute Gasteiger partial charge is 0.0991 e. The van der Waals surface area contributed by atoms with E-state index < -0.39 is 0 Å². The van der Waals surface area contributed by atoms with E-state index in [-0.39, 0.29) is 0 Å². The minimum absolute atomic E-state index is 0.335. The molecule has 0 radical (unpaired) electrons. The minimum Gasteiger partial charge on any atom is -0.308 e. The number of rotatable bonds is 7. The highest BCUT2D eigenvalue weighted by atomic mass is 14.9. The molecule has 0 aliphatic carbocycles. The summed E-state index contributed by atoms with van der Waals surface area (Å²) in [6.45, 7) is 8.98. The van der Waals surface area contributed by atoms with E-state index in [9.17, 15) is 0 Å². The first kappa shape index (κ1) is 15.7. The molecule has 0 aromatic heterocycles. The van der Waals surface area contributed by atoms with Gasteiger partial charge in [0.2, 0.25) is 0 Å². The molecule has 2 atom stereocenters. The van der Waals surface area contributed by atoms with Crippen molar-refractivity contribution in [2.24, 2.45) is 5.92 Å². The normalized spacial score (nSPS) is 14.1. The van der Waals surface area contributed by atoms with Gasteiger partial charge in [0.15, 0.2) is 0 Å². The highest BCUT2D eigenvalue weighted by molar-refractivity contribution is 5.32. The fourth-order valence-electron chi connectivity index (χ4n) is 2.28. The molecular formula is C17H26N2. The molecule has 2 unspecified atom stereocenters. The van der Waals surface area contributed by atoms with E-state index in [1.54, 1.807) is 0 Å². The molecule has 1 N–H and O–H groups in total. The number of nitrogens with one attached hydrogen (secondary N) is 1. The summed E-state index contributed by atoms with van der Waals surface area (Å²) >= 11 is 0. The van der Waals surface area contributed by atoms with Gasteiger partial charge in [-0.15, -0.1) is 0 Å². The molecule has 0 saturated carbocycles. The van der Waals surface area contributed by atoms with Gasteiger partial charge in [-0.25, -0.2) is 0 Å². The van der Waals surface area contributed by atoms with Crippen LogP contribution >= 0.6 is 0 Å². The number of nitrogens with zero attached hydrogens (tertiary/aromatic N) is 1. The Morgan fingerprint density at radius 3 is 2.21 bits per heavy atom. The van der Waals surface area contributed by atoms with E-state index in [0.29, 0.717) is 12.1 Å². The summed E-state index contributed by atoms with van der Waals surface area (Å²) in [7, 11) is 0. The van der Waals surface area contributed by atoms with Gasteiger partial charge in [0.05, 0.1) is 11.6 Å². The summed E-state index contributed by atoms with van der Waals surface area (Å²) in [6.07, 6.45) is 3.81. The van der Waals surface area contributed by atoms with Gasteiger partial charge in [-0.1, -0.05) is 38.8 Å². The molecule has 1 rings (SSSR count). The monoisotopic (exact) mass is 258 g/mol. The van der Waals surface area contributed by atoms with Crippen molar-refractivity contribution < 1.29 is 0 Å². The predicted octanol–water partition coefficient (Wildman–Crippen LogP) is 4.42. The molecular weight excluding hydrogens is 232 g/mol. The van der Waals surface area contributed by atoms with Crippen molar-refractivity contribution >= 4 is 0 Å². The average molecular weight is 258 g/mol. The van der Waals surface area contributed by atoms with Gasteiger partial charge in [0, 0.05) is 12.1 Å². The number of nitriles is 1. The molecule has 0 aliphatic rings. The molecule has 1 aromatic carbocycles. The second-order valence-corrected chi connectivity index (χ2v) is 5.85. The molecule has 19 heavy (non-hydrogen) atoms. The van der Waals surface area contributed by atoms with Gasteiger partial charge in [0.1, 0.15) is 0 Å². The maximum Gasteiger partial charge on any atom is 0.0991 e. The van der Waals surface area contributed by atoms with Crippen LogP contribution in [0.5, 0.6) is 0 Å². The van der Waals surface area contributed by atoms with Crippen LogP contribution in [0.1, 0.15) is 64.1 Å². The van der Waals surface area contributed by atoms with Crippen LogP contribution in [0, 0.1) is 17.2 Å². The Morgan fingerprint density at radius 2 is 1.68 bits per heavy atom. The summed E-state index contributed by atoms with van der Waals surface area (Å²) in [5.74, 6) is 0.795. The topological polar surface area (TPSA) is 35.8 Å². The lowest BCUT2D eigenvalue weighted by Crippen LogP contribution is -2.28. The van der Waals surface area contributed by atoms with Crippen molar-refractivity contribution in [2.75, 3.05) is 0 Å². The van der Waals surface area contributed by atoms with Gasteiger partial charge < -0.3 is 5.32 Å². The van der Waals surface area contributed by atoms with Gasteiger partial charge in [-0.3, -0.25) is 0 Å². The largest absolute Gasteiger partial charge is 0.308 e. The van der Waals surface area contributed by atoms with Crippen LogP contribution in [0.15, 0.2) is 24.3 Å². The first-order valence-corrected chi connectivity index (χ1v) is 7.29. The average Bonchev–Trinajstić information content (AvgIpc) is 2.38. The Balaban J connectivity index is 2.40. The van der Waals surface area contributed by atoms with E-state index in [1.165, 1.54) is 24.8 Å². The maximum absolute atomic E-state index is 8.79. The zero-order valence-corrected chi connectivity index (χ0v) is 12.6. The molecule has 0 aliphatic heterocycles. The highest BCUT2D eigenvalue weighted by Gasteiger charge is 2.09. The van der Waals surface area contributed by atoms with Crippen molar-refractivity contribution in [3.05, 3.63) is 35.4 Å². The number of hydrogen-bond donors (Lipinski definition) is 1. The Labute approximate surface area is 117 Å². The number of hydrogen-bond acceptors (Lipinski definition) is 2. The van der Waals surface area contributed by atoms with Crippen molar-refractivity contribution in [3.8, 4) is 6.07 Å². The fourth-order valence-corrected chi connectivity index (χ4v) is 2.28. The molecule has 0 spiro atoms. The van der Waals surface area contributed by atoms with Crippen LogP contribution < -0.4 is 5.32 Å². The SMILES string of the molecule is CC(C)CCCC(C)NC(C)c1ccc(C#N)cc1. The maximum atomic E-state index is 8.79. The molecule has 2 heteroatoms. The van der Waals surface area contributed by atoms with Crippen molar-refractivity contribution in [1.82, 2.24) is 5.32 Å². The summed E-state index contributed by atoms with van der Waals surface area (Å²) < 4.78 is 0. The highest BCUT2D eigenvalue weighted by Crippen LogP contribution is 2.16. The standard InChI is InChI=1S/C17H26N2/c1-13(2)6-5-7-14(3)19-15(4)17-10-8-16(12-18)9-11-17/h8-11,13-15,19H,5-7H2,1-4H3. The lowest BCUT2D eigenvalue weighted by atomic mass is 10.0. The second kappa shape index (κ2) is 7.96. The van der Waals surface area contributed by atoms with Gasteiger partial charge in [-0.05, 0) is 43.9 Å². The van der Waals surface area contributed by atoms with Crippen LogP contribution in [-0.4, -0.2) is 6.04 Å². The second-order valence-electron chi connectivity index (χ2n) is 5.85. The van der Waals surface area contributed by atoms with Crippen molar-refractivity contribution in [2.45, 2.75) is 59.0 Å². The van der Waals surface area contributed by atoms with E-state index in [0.717, 1.165) is 11.5 Å². The van der Waals surface area contributed by atoms with Crippen molar-refractivity contribution in [1.29, 1.82) is 5.26 Å². The zero-order valence-electron chi connectivity index (χ0n) is 12.6. The van der Waals surface area contributed by atoms with E-state index in [4.69, 9.17) is 5.26 Å². The Kier molecular flexibility index (Phi) is 6.59. The van der Waals surface area contributed by atoms with E-state index in [2.05, 4.69) is 39.1 Å². The molecule has 0 heterocycles. The van der Waals surface area contributed by atoms with Gasteiger partial charge in [-0.2, -0.15) is 5.26 Å². The quantitative estimate of drug-likeness (QED) is 0.785. The molecule has 0 bridgehead atoms. The zero-order chi connectivity index (χ0) is 14.3. The van der Waals surface area contributed by atoms with Crippen LogP contribution in [0.4, 0.5) is 0 Å². The molecule has 1 aromatic rings. The third kappa shape index (κ3) is 5.89. The number of benzene rings is 1. The lowest BCUT2D eigenvalue weighted by Gasteiger charge is -2.20. The summed E-state index contributed by atoms with van der Waals surface area (Å²) in [5, 5.41) is 12.4. The molecule has 0 amide bonds. The van der Waals surface area contributed by atoms with Crippen molar-refractivity contribution in [3.63, 3.8) is 0 Å². The van der Waals surface area contributed by atoms with E-state index >= 15 is 0 Å². The van der Waals surface area contributed by atoms with Crippen LogP contribution in [-0.2, 0) is 0 Å². The summed E-state index contributed by atoms with van der Waals surface area (Å²) in [6, 6.07) is 10.9. The van der Waals surface area contributed by atoms with Crippen LogP contribution in [0.25, 0.3) is 0 Å². The Bertz CT molecular complexity index is 400. The minimum atomic E-state index is 0.335. The lowest BCUT2D eigenvalue weighted by molar-refractivity contribution is 0.424. The summed E-state index contributed by atoms with van der Waals surface area (Å²) in [4.78, 5) is 0. The van der Waals surface area contributed by atoms with Crippen LogP contribution in [0.2, 0.25) is 0 Å². The Morgan fingerprint density at radius 1 is 1.05 bits per heavy atom. The molecule has 0 saturated heterocycles. The third-order valence-corrected chi connectivity index (χ3v) is 3.49. The van der Waals surface area contributed by atoms with Gasteiger partial charge in [0.25, 0.3) is 0 Å². The molecule has 2 nitrogen and oxygen atoms in total. The predicted molar refractivity (Wildman–Crippen MR) is 80.9 cm³/mol. The third-order valence-electron chi connectivity index (χ3n) is 3.49. The van der Waals surface area contributed by atoms with Gasteiger partial charge >= 0.3 is 0 Å². The molecule has 104 valence electrons. The Hall–Kier alpha value is -1.33. The first-order chi connectivity index (χ1) is 9.02. The first-order valence-electron chi connectivity index (χ1n) is 7.29. The summed E-state index contributed by atoms with van der Waals surface area (Å²) in [5.41, 5.74) is 1.97. The van der Waals surface area contributed by atoms with E-state index in [1.807, 2.05) is 24.3 Å². The van der Waals surface area contributed by atoms with Crippen LogP contribution in [0.3, 0.4) is 0 Å². The molecule has 0 fully saturated rings.